The Balaban J connectivity index is 2.30. The van der Waals surface area contributed by atoms with Crippen molar-refractivity contribution in [3.05, 3.63) is 23.3 Å². The molecule has 1 amide bonds. The van der Waals surface area contributed by atoms with Crippen LogP contribution in [-0.4, -0.2) is 31.1 Å². The van der Waals surface area contributed by atoms with Gasteiger partial charge >= 0.3 is 0 Å². The summed E-state index contributed by atoms with van der Waals surface area (Å²) in [5, 5.41) is 0. The fourth-order valence-corrected chi connectivity index (χ4v) is 2.91. The normalized spacial score (nSPS) is 18.9. The molecule has 4 heteroatoms. The van der Waals surface area contributed by atoms with Crippen molar-refractivity contribution in [3.63, 3.8) is 0 Å². The summed E-state index contributed by atoms with van der Waals surface area (Å²) >= 11 is 0. The Bertz CT molecular complexity index is 554. The molecule has 0 radical (unpaired) electrons. The van der Waals surface area contributed by atoms with E-state index in [0.717, 1.165) is 23.5 Å². The summed E-state index contributed by atoms with van der Waals surface area (Å²) in [7, 11) is 3.29. The molecule has 1 aliphatic rings. The number of carbonyl (C=O) groups is 1. The molecule has 0 aromatic heterocycles. The molecule has 1 aliphatic heterocycles. The molecule has 22 heavy (non-hydrogen) atoms. The maximum Gasteiger partial charge on any atom is 0.226 e. The minimum absolute atomic E-state index is 0.0455. The number of hydrogen-bond donors (Lipinski definition) is 0. The number of ether oxygens (including phenoxy) is 2. The van der Waals surface area contributed by atoms with E-state index in [9.17, 15) is 4.79 Å². The fourth-order valence-electron chi connectivity index (χ4n) is 2.91. The summed E-state index contributed by atoms with van der Waals surface area (Å²) in [6.07, 6.45) is 0.853. The van der Waals surface area contributed by atoms with Gasteiger partial charge in [-0.25, -0.2) is 0 Å². The Morgan fingerprint density at radius 1 is 1.14 bits per heavy atom. The standard InChI is InChI=1S/C18H27NO3/c1-11(2)13(4)18(20)19-10-15-9-17(22-6)16(21-5)8-14(15)7-12(19)3/h8-9,11-13H,7,10H2,1-6H3. The predicted octanol–water partition coefficient (Wildman–Crippen LogP) is 3.27. The lowest BCUT2D eigenvalue weighted by molar-refractivity contribution is -0.139. The van der Waals surface area contributed by atoms with E-state index in [0.29, 0.717) is 12.5 Å². The van der Waals surface area contributed by atoms with Gasteiger partial charge in [-0.2, -0.15) is 0 Å². The van der Waals surface area contributed by atoms with E-state index in [1.54, 1.807) is 14.2 Å². The van der Waals surface area contributed by atoms with Crippen molar-refractivity contribution < 1.29 is 14.3 Å². The first kappa shape index (κ1) is 16.7. The zero-order valence-corrected chi connectivity index (χ0v) is 14.5. The van der Waals surface area contributed by atoms with Gasteiger partial charge in [0, 0.05) is 18.5 Å². The maximum absolute atomic E-state index is 12.7. The largest absolute Gasteiger partial charge is 0.493 e. The van der Waals surface area contributed by atoms with Gasteiger partial charge in [0.15, 0.2) is 11.5 Å². The van der Waals surface area contributed by atoms with Crippen LogP contribution in [0.1, 0.15) is 38.8 Å². The van der Waals surface area contributed by atoms with Gasteiger partial charge in [-0.1, -0.05) is 20.8 Å². The van der Waals surface area contributed by atoms with E-state index >= 15 is 0 Å². The molecule has 2 unspecified atom stereocenters. The second-order valence-electron chi connectivity index (χ2n) is 6.53. The highest BCUT2D eigenvalue weighted by molar-refractivity contribution is 5.79. The molecule has 0 saturated heterocycles. The molecule has 0 saturated carbocycles. The Kier molecular flexibility index (Phi) is 4.99. The van der Waals surface area contributed by atoms with Crippen LogP contribution in [0.5, 0.6) is 11.5 Å². The van der Waals surface area contributed by atoms with Crippen molar-refractivity contribution in [1.82, 2.24) is 4.90 Å². The zero-order valence-electron chi connectivity index (χ0n) is 14.5. The van der Waals surface area contributed by atoms with Gasteiger partial charge in [0.25, 0.3) is 0 Å². The van der Waals surface area contributed by atoms with Crippen LogP contribution in [0.25, 0.3) is 0 Å². The number of amides is 1. The highest BCUT2D eigenvalue weighted by atomic mass is 16.5. The lowest BCUT2D eigenvalue weighted by Crippen LogP contribution is -2.45. The van der Waals surface area contributed by atoms with Gasteiger partial charge in [0.1, 0.15) is 0 Å². The van der Waals surface area contributed by atoms with Crippen molar-refractivity contribution in [2.24, 2.45) is 11.8 Å². The summed E-state index contributed by atoms with van der Waals surface area (Å²) < 4.78 is 10.8. The van der Waals surface area contributed by atoms with Crippen molar-refractivity contribution in [2.45, 2.75) is 46.7 Å². The van der Waals surface area contributed by atoms with Gasteiger partial charge in [-0.3, -0.25) is 4.79 Å². The average molecular weight is 305 g/mol. The molecule has 122 valence electrons. The molecule has 0 N–H and O–H groups in total. The topological polar surface area (TPSA) is 38.8 Å². The third kappa shape index (κ3) is 3.06. The minimum atomic E-state index is 0.0455. The van der Waals surface area contributed by atoms with Crippen LogP contribution in [0, 0.1) is 11.8 Å². The number of hydrogen-bond acceptors (Lipinski definition) is 3. The minimum Gasteiger partial charge on any atom is -0.493 e. The third-order valence-electron chi connectivity index (χ3n) is 4.77. The molecule has 0 aliphatic carbocycles. The van der Waals surface area contributed by atoms with Gasteiger partial charge < -0.3 is 14.4 Å². The highest BCUT2D eigenvalue weighted by Gasteiger charge is 2.31. The summed E-state index contributed by atoms with van der Waals surface area (Å²) in [5.74, 6) is 2.11. The van der Waals surface area contributed by atoms with E-state index in [1.807, 2.05) is 24.0 Å². The van der Waals surface area contributed by atoms with Crippen LogP contribution in [0.15, 0.2) is 12.1 Å². The highest BCUT2D eigenvalue weighted by Crippen LogP contribution is 2.35. The molecular formula is C18H27NO3. The first-order chi connectivity index (χ1) is 10.4. The average Bonchev–Trinajstić information content (AvgIpc) is 2.51. The van der Waals surface area contributed by atoms with E-state index in [4.69, 9.17) is 9.47 Å². The van der Waals surface area contributed by atoms with Crippen molar-refractivity contribution in [2.75, 3.05) is 14.2 Å². The van der Waals surface area contributed by atoms with Crippen molar-refractivity contribution >= 4 is 5.91 Å². The Morgan fingerprint density at radius 3 is 2.18 bits per heavy atom. The molecule has 1 aromatic carbocycles. The van der Waals surface area contributed by atoms with Crippen LogP contribution in [-0.2, 0) is 17.8 Å². The second kappa shape index (κ2) is 6.59. The molecule has 2 rings (SSSR count). The number of methoxy groups -OCH3 is 2. The van der Waals surface area contributed by atoms with Gasteiger partial charge in [-0.15, -0.1) is 0 Å². The number of nitrogens with zero attached hydrogens (tertiary/aromatic N) is 1. The van der Waals surface area contributed by atoms with E-state index in [1.165, 1.54) is 5.56 Å². The first-order valence-electron chi connectivity index (χ1n) is 7.93. The number of rotatable bonds is 4. The quantitative estimate of drug-likeness (QED) is 0.857. The first-order valence-corrected chi connectivity index (χ1v) is 7.93. The molecule has 0 spiro atoms. The molecule has 4 nitrogen and oxygen atoms in total. The summed E-state index contributed by atoms with van der Waals surface area (Å²) in [6.45, 7) is 8.97. The number of carbonyl (C=O) groups excluding carboxylic acids is 1. The van der Waals surface area contributed by atoms with Crippen molar-refractivity contribution in [1.29, 1.82) is 0 Å². The maximum atomic E-state index is 12.7. The van der Waals surface area contributed by atoms with Gasteiger partial charge in [0.2, 0.25) is 5.91 Å². The molecule has 0 fully saturated rings. The Morgan fingerprint density at radius 2 is 1.68 bits per heavy atom. The molecule has 1 aromatic rings. The smallest absolute Gasteiger partial charge is 0.226 e. The van der Waals surface area contributed by atoms with Gasteiger partial charge in [0.05, 0.1) is 14.2 Å². The van der Waals surface area contributed by atoms with Crippen LogP contribution in [0.4, 0.5) is 0 Å². The number of fused-ring (bicyclic) bond motifs is 1. The molecule has 2 atom stereocenters. The van der Waals surface area contributed by atoms with Crippen molar-refractivity contribution in [3.8, 4) is 11.5 Å². The molecule has 1 heterocycles. The van der Waals surface area contributed by atoms with Crippen LogP contribution in [0.2, 0.25) is 0 Å². The summed E-state index contributed by atoms with van der Waals surface area (Å²) in [5.41, 5.74) is 2.39. The number of benzene rings is 1. The summed E-state index contributed by atoms with van der Waals surface area (Å²) in [6, 6.07) is 4.25. The van der Waals surface area contributed by atoms with Crippen LogP contribution >= 0.6 is 0 Å². The Hall–Kier alpha value is -1.71. The zero-order chi connectivity index (χ0) is 16.4. The SMILES string of the molecule is COc1cc2c(cc1OC)CN(C(=O)C(C)C(C)C)C(C)C2. The second-order valence-corrected chi connectivity index (χ2v) is 6.53. The van der Waals surface area contributed by atoms with Crippen LogP contribution < -0.4 is 9.47 Å². The van der Waals surface area contributed by atoms with Gasteiger partial charge in [-0.05, 0) is 42.5 Å². The van der Waals surface area contributed by atoms with E-state index in [-0.39, 0.29) is 17.9 Å². The monoisotopic (exact) mass is 305 g/mol. The molecule has 0 bridgehead atoms. The molecular weight excluding hydrogens is 278 g/mol. The lowest BCUT2D eigenvalue weighted by atomic mass is 9.90. The predicted molar refractivity (Wildman–Crippen MR) is 87.3 cm³/mol. The van der Waals surface area contributed by atoms with Crippen LogP contribution in [0.3, 0.4) is 0 Å². The van der Waals surface area contributed by atoms with E-state index in [2.05, 4.69) is 20.8 Å². The third-order valence-corrected chi connectivity index (χ3v) is 4.77. The lowest BCUT2D eigenvalue weighted by Gasteiger charge is -2.37. The summed E-state index contributed by atoms with van der Waals surface area (Å²) in [4.78, 5) is 14.7. The fraction of sp³-hybridized carbons (Fsp3) is 0.611. The Labute approximate surface area is 133 Å². The van der Waals surface area contributed by atoms with E-state index < -0.39 is 0 Å².